The summed E-state index contributed by atoms with van der Waals surface area (Å²) in [5.41, 5.74) is 0.933. The Morgan fingerprint density at radius 1 is 0.935 bits per heavy atom. The Balaban J connectivity index is 1.45. The van der Waals surface area contributed by atoms with E-state index in [-0.39, 0.29) is 23.0 Å². The number of nitro benzene ring substituents is 1. The molecule has 1 atom stereocenters. The molecule has 0 radical (unpaired) electrons. The molecule has 0 saturated carbocycles. The predicted octanol–water partition coefficient (Wildman–Crippen LogP) is 2.10. The van der Waals surface area contributed by atoms with Gasteiger partial charge < -0.3 is 9.80 Å². The van der Waals surface area contributed by atoms with Crippen molar-refractivity contribution in [3.63, 3.8) is 0 Å². The van der Waals surface area contributed by atoms with Gasteiger partial charge in [-0.2, -0.15) is 4.31 Å². The Kier molecular flexibility index (Phi) is 5.92. The lowest BCUT2D eigenvalue weighted by atomic mass is 10.1. The van der Waals surface area contributed by atoms with Gasteiger partial charge in [-0.3, -0.25) is 14.9 Å². The summed E-state index contributed by atoms with van der Waals surface area (Å²) in [6, 6.07) is 14.0. The van der Waals surface area contributed by atoms with Crippen molar-refractivity contribution in [1.29, 1.82) is 0 Å². The summed E-state index contributed by atoms with van der Waals surface area (Å²) in [4.78, 5) is 27.4. The zero-order chi connectivity index (χ0) is 22.0. The summed E-state index contributed by atoms with van der Waals surface area (Å²) in [6.07, 6.45) is 1.08. The molecule has 0 bridgehead atoms. The summed E-state index contributed by atoms with van der Waals surface area (Å²) in [7, 11) is -3.91. The summed E-state index contributed by atoms with van der Waals surface area (Å²) < 4.78 is 27.5. The quantitative estimate of drug-likeness (QED) is 0.517. The van der Waals surface area contributed by atoms with Crippen LogP contribution in [0.25, 0.3) is 0 Å². The second-order valence-corrected chi connectivity index (χ2v) is 9.56. The van der Waals surface area contributed by atoms with Crippen molar-refractivity contribution in [2.45, 2.75) is 23.8 Å². The predicted molar refractivity (Wildman–Crippen MR) is 115 cm³/mol. The van der Waals surface area contributed by atoms with Gasteiger partial charge in [0.1, 0.15) is 6.04 Å². The van der Waals surface area contributed by atoms with Crippen molar-refractivity contribution in [3.05, 3.63) is 64.7 Å². The van der Waals surface area contributed by atoms with Gasteiger partial charge in [-0.05, 0) is 37.1 Å². The highest BCUT2D eigenvalue weighted by molar-refractivity contribution is 7.89. The zero-order valence-electron chi connectivity index (χ0n) is 17.0. The van der Waals surface area contributed by atoms with E-state index in [1.165, 1.54) is 28.6 Å². The molecule has 4 rings (SSSR count). The number of hydrogen-bond donors (Lipinski definition) is 0. The molecule has 2 aliphatic rings. The molecule has 2 aromatic carbocycles. The molecule has 9 nitrogen and oxygen atoms in total. The summed E-state index contributed by atoms with van der Waals surface area (Å²) in [5.74, 6) is -0.171. The van der Waals surface area contributed by atoms with Gasteiger partial charge in [0.25, 0.3) is 5.69 Å². The maximum atomic E-state index is 13.2. The molecule has 0 N–H and O–H groups in total. The van der Waals surface area contributed by atoms with Gasteiger partial charge in [-0.25, -0.2) is 8.42 Å². The number of non-ortho nitro benzene ring substituents is 1. The molecule has 2 aromatic rings. The molecule has 2 aliphatic heterocycles. The van der Waals surface area contributed by atoms with Gasteiger partial charge in [-0.1, -0.05) is 18.2 Å². The Morgan fingerprint density at radius 2 is 1.58 bits per heavy atom. The molecule has 1 amide bonds. The molecular weight excluding hydrogens is 420 g/mol. The number of carbonyl (C=O) groups excluding carboxylic acids is 1. The molecule has 0 aromatic heterocycles. The molecule has 2 saturated heterocycles. The van der Waals surface area contributed by atoms with Gasteiger partial charge in [0.2, 0.25) is 15.9 Å². The minimum atomic E-state index is -3.91. The second-order valence-electron chi connectivity index (χ2n) is 7.67. The summed E-state index contributed by atoms with van der Waals surface area (Å²) in [5, 5.41) is 10.8. The molecular formula is C21H24N4O5S. The fourth-order valence-electron chi connectivity index (χ4n) is 4.18. The number of para-hydroxylation sites is 1. The van der Waals surface area contributed by atoms with E-state index >= 15 is 0 Å². The van der Waals surface area contributed by atoms with Crippen LogP contribution in [0.2, 0.25) is 0 Å². The van der Waals surface area contributed by atoms with Gasteiger partial charge in [0.05, 0.1) is 9.82 Å². The van der Waals surface area contributed by atoms with Crippen LogP contribution in [0.3, 0.4) is 0 Å². The number of benzene rings is 2. The smallest absolute Gasteiger partial charge is 0.269 e. The molecule has 10 heteroatoms. The maximum Gasteiger partial charge on any atom is 0.269 e. The lowest BCUT2D eigenvalue weighted by molar-refractivity contribution is -0.384. The minimum Gasteiger partial charge on any atom is -0.368 e. The van der Waals surface area contributed by atoms with E-state index < -0.39 is 21.0 Å². The summed E-state index contributed by atoms with van der Waals surface area (Å²) >= 11 is 0. The van der Waals surface area contributed by atoms with Crippen LogP contribution in [-0.4, -0.2) is 67.2 Å². The van der Waals surface area contributed by atoms with Crippen molar-refractivity contribution >= 4 is 27.3 Å². The Labute approximate surface area is 181 Å². The van der Waals surface area contributed by atoms with Gasteiger partial charge >= 0.3 is 0 Å². The fourth-order valence-corrected chi connectivity index (χ4v) is 5.84. The standard InChI is InChI=1S/C21H24N4O5S/c26-21(23-15-13-22(14-16-23)17-5-2-1-3-6-17)20-7-4-12-24(20)31(29,30)19-10-8-18(9-11-19)25(27)28/h1-3,5-6,8-11,20H,4,7,12-16H2. The fraction of sp³-hybridized carbons (Fsp3) is 0.381. The maximum absolute atomic E-state index is 13.2. The Morgan fingerprint density at radius 3 is 2.19 bits per heavy atom. The molecule has 0 spiro atoms. The molecule has 1 unspecified atom stereocenters. The highest BCUT2D eigenvalue weighted by Gasteiger charge is 2.41. The molecule has 31 heavy (non-hydrogen) atoms. The van der Waals surface area contributed by atoms with Crippen molar-refractivity contribution in [2.75, 3.05) is 37.6 Å². The molecule has 0 aliphatic carbocycles. The van der Waals surface area contributed by atoms with E-state index in [1.54, 1.807) is 4.90 Å². The topological polar surface area (TPSA) is 104 Å². The van der Waals surface area contributed by atoms with Crippen LogP contribution in [0, 0.1) is 10.1 Å². The molecule has 2 fully saturated rings. The Bertz CT molecular complexity index is 1050. The molecule has 2 heterocycles. The number of anilines is 1. The van der Waals surface area contributed by atoms with Crippen LogP contribution in [-0.2, 0) is 14.8 Å². The molecule has 164 valence electrons. The van der Waals surface area contributed by atoms with Crippen LogP contribution in [0.5, 0.6) is 0 Å². The number of hydrogen-bond acceptors (Lipinski definition) is 6. The largest absolute Gasteiger partial charge is 0.368 e. The van der Waals surface area contributed by atoms with Gasteiger partial charge in [-0.15, -0.1) is 0 Å². The van der Waals surface area contributed by atoms with Gasteiger partial charge in [0, 0.05) is 50.5 Å². The van der Waals surface area contributed by atoms with E-state index in [0.29, 0.717) is 39.0 Å². The monoisotopic (exact) mass is 444 g/mol. The van der Waals surface area contributed by atoms with Crippen LogP contribution < -0.4 is 4.90 Å². The lowest BCUT2D eigenvalue weighted by Crippen LogP contribution is -2.54. The average molecular weight is 445 g/mol. The number of amides is 1. The third kappa shape index (κ3) is 4.26. The van der Waals surface area contributed by atoms with E-state index in [9.17, 15) is 23.3 Å². The van der Waals surface area contributed by atoms with Crippen LogP contribution >= 0.6 is 0 Å². The highest BCUT2D eigenvalue weighted by atomic mass is 32.2. The average Bonchev–Trinajstić information content (AvgIpc) is 3.30. The number of rotatable bonds is 5. The first-order valence-corrected chi connectivity index (χ1v) is 11.7. The number of nitrogens with zero attached hydrogens (tertiary/aromatic N) is 4. The number of sulfonamides is 1. The van der Waals surface area contributed by atoms with E-state index in [2.05, 4.69) is 4.90 Å². The van der Waals surface area contributed by atoms with Crippen LogP contribution in [0.15, 0.2) is 59.5 Å². The number of piperazine rings is 1. The highest BCUT2D eigenvalue weighted by Crippen LogP contribution is 2.29. The van der Waals surface area contributed by atoms with Gasteiger partial charge in [0.15, 0.2) is 0 Å². The van der Waals surface area contributed by atoms with E-state index in [1.807, 2.05) is 30.3 Å². The van der Waals surface area contributed by atoms with E-state index in [0.717, 1.165) is 5.69 Å². The van der Waals surface area contributed by atoms with Crippen LogP contribution in [0.1, 0.15) is 12.8 Å². The first-order valence-electron chi connectivity index (χ1n) is 10.2. The van der Waals surface area contributed by atoms with Crippen molar-refractivity contribution in [1.82, 2.24) is 9.21 Å². The third-order valence-corrected chi connectivity index (χ3v) is 7.78. The number of carbonyl (C=O) groups is 1. The second kappa shape index (κ2) is 8.64. The van der Waals surface area contributed by atoms with Crippen molar-refractivity contribution in [2.24, 2.45) is 0 Å². The van der Waals surface area contributed by atoms with Crippen molar-refractivity contribution in [3.8, 4) is 0 Å². The zero-order valence-corrected chi connectivity index (χ0v) is 17.8. The minimum absolute atomic E-state index is 0.0355. The normalized spacial score (nSPS) is 20.1. The Hall–Kier alpha value is -2.98. The number of nitro groups is 1. The lowest BCUT2D eigenvalue weighted by Gasteiger charge is -2.38. The van der Waals surface area contributed by atoms with Crippen molar-refractivity contribution < 1.29 is 18.1 Å². The first-order chi connectivity index (χ1) is 14.9. The first kappa shape index (κ1) is 21.3. The summed E-state index contributed by atoms with van der Waals surface area (Å²) in [6.45, 7) is 2.72. The van der Waals surface area contributed by atoms with Crippen LogP contribution in [0.4, 0.5) is 11.4 Å². The third-order valence-electron chi connectivity index (χ3n) is 5.86. The SMILES string of the molecule is O=C(C1CCCN1S(=O)(=O)c1ccc([N+](=O)[O-])cc1)N1CCN(c2ccccc2)CC1. The van der Waals surface area contributed by atoms with E-state index in [4.69, 9.17) is 0 Å².